The van der Waals surface area contributed by atoms with Gasteiger partial charge in [0.05, 0.1) is 5.75 Å². The van der Waals surface area contributed by atoms with Crippen LogP contribution in [0, 0.1) is 0 Å². The minimum atomic E-state index is -2.99. The highest BCUT2D eigenvalue weighted by molar-refractivity contribution is 7.89. The van der Waals surface area contributed by atoms with E-state index in [0.717, 1.165) is 25.9 Å². The minimum Gasteiger partial charge on any atom is -0.302 e. The van der Waals surface area contributed by atoms with Crippen LogP contribution in [0.25, 0.3) is 0 Å². The normalized spacial score (nSPS) is 23.9. The molecule has 1 heterocycles. The van der Waals surface area contributed by atoms with Crippen molar-refractivity contribution in [3.63, 3.8) is 0 Å². The van der Waals surface area contributed by atoms with Crippen molar-refractivity contribution in [2.45, 2.75) is 38.1 Å². The summed E-state index contributed by atoms with van der Waals surface area (Å²) in [5, 5.41) is 0. The van der Waals surface area contributed by atoms with Crippen molar-refractivity contribution in [3.8, 4) is 0 Å². The summed E-state index contributed by atoms with van der Waals surface area (Å²) in [6.45, 7) is 2.15. The third-order valence-electron chi connectivity index (χ3n) is 3.58. The molecule has 1 saturated heterocycles. The summed E-state index contributed by atoms with van der Waals surface area (Å²) < 4.78 is 25.7. The Morgan fingerprint density at radius 1 is 1.19 bits per heavy atom. The molecule has 0 aromatic carbocycles. The van der Waals surface area contributed by atoms with E-state index in [2.05, 4.69) is 4.90 Å². The van der Waals surface area contributed by atoms with Crippen LogP contribution in [0.15, 0.2) is 0 Å². The van der Waals surface area contributed by atoms with Crippen LogP contribution in [0.2, 0.25) is 0 Å². The minimum absolute atomic E-state index is 0.292. The Morgan fingerprint density at radius 3 is 2.38 bits per heavy atom. The Morgan fingerprint density at radius 2 is 1.81 bits per heavy atom. The molecule has 2 rings (SSSR count). The molecule has 0 atom stereocenters. The van der Waals surface area contributed by atoms with E-state index in [0.29, 0.717) is 18.3 Å². The summed E-state index contributed by atoms with van der Waals surface area (Å²) in [4.78, 5) is 2.18. The molecule has 0 spiro atoms. The highest BCUT2D eigenvalue weighted by atomic mass is 32.2. The number of hydrogen-bond acceptors (Lipinski definition) is 3. The van der Waals surface area contributed by atoms with Gasteiger partial charge in [-0.15, -0.1) is 0 Å². The molecule has 0 radical (unpaired) electrons. The van der Waals surface area contributed by atoms with Gasteiger partial charge in [-0.25, -0.2) is 12.7 Å². The lowest BCUT2D eigenvalue weighted by atomic mass is 10.2. The van der Waals surface area contributed by atoms with Gasteiger partial charge in [0.15, 0.2) is 0 Å². The number of rotatable bonds is 5. The fourth-order valence-corrected chi connectivity index (χ4v) is 3.82. The molecule has 0 unspecified atom stereocenters. The van der Waals surface area contributed by atoms with Crippen LogP contribution >= 0.6 is 0 Å². The maximum atomic E-state index is 12.0. The lowest BCUT2D eigenvalue weighted by Crippen LogP contribution is -2.40. The van der Waals surface area contributed by atoms with Crippen LogP contribution in [-0.2, 0) is 10.0 Å². The van der Waals surface area contributed by atoms with E-state index < -0.39 is 10.0 Å². The zero-order valence-corrected chi connectivity index (χ0v) is 10.9. The van der Waals surface area contributed by atoms with Gasteiger partial charge in [0.25, 0.3) is 0 Å². The lowest BCUT2D eigenvalue weighted by Gasteiger charge is -2.27. The van der Waals surface area contributed by atoms with E-state index in [9.17, 15) is 8.42 Å². The van der Waals surface area contributed by atoms with Gasteiger partial charge in [0, 0.05) is 25.7 Å². The first kappa shape index (κ1) is 12.3. The van der Waals surface area contributed by atoms with Gasteiger partial charge in [-0.2, -0.15) is 0 Å². The lowest BCUT2D eigenvalue weighted by molar-refractivity contribution is 0.325. The summed E-state index contributed by atoms with van der Waals surface area (Å²) in [5.74, 6) is 0.292. The number of piperidine rings is 1. The standard InChI is InChI=1S/C11H22N2O2S/c1-12(11-5-6-11)9-10-16(14,15)13-7-3-2-4-8-13/h11H,2-10H2,1H3. The molecule has 94 valence electrons. The van der Waals surface area contributed by atoms with Gasteiger partial charge in [0.2, 0.25) is 10.0 Å². The summed E-state index contributed by atoms with van der Waals surface area (Å²) >= 11 is 0. The number of sulfonamides is 1. The maximum Gasteiger partial charge on any atom is 0.215 e. The fourth-order valence-electron chi connectivity index (χ4n) is 2.23. The van der Waals surface area contributed by atoms with Gasteiger partial charge >= 0.3 is 0 Å². The fraction of sp³-hybridized carbons (Fsp3) is 1.00. The van der Waals surface area contributed by atoms with Crippen molar-refractivity contribution < 1.29 is 8.42 Å². The van der Waals surface area contributed by atoms with Gasteiger partial charge in [0.1, 0.15) is 0 Å². The van der Waals surface area contributed by atoms with Crippen molar-refractivity contribution in [3.05, 3.63) is 0 Å². The van der Waals surface area contributed by atoms with Gasteiger partial charge in [-0.05, 0) is 32.7 Å². The molecule has 1 saturated carbocycles. The van der Waals surface area contributed by atoms with E-state index in [1.807, 2.05) is 7.05 Å². The first-order valence-electron chi connectivity index (χ1n) is 6.28. The first-order valence-corrected chi connectivity index (χ1v) is 7.88. The molecular weight excluding hydrogens is 224 g/mol. The average molecular weight is 246 g/mol. The quantitative estimate of drug-likeness (QED) is 0.723. The molecule has 0 aromatic rings. The molecule has 4 nitrogen and oxygen atoms in total. The van der Waals surface area contributed by atoms with Crippen molar-refractivity contribution in [1.29, 1.82) is 0 Å². The van der Waals surface area contributed by atoms with Gasteiger partial charge in [-0.1, -0.05) is 6.42 Å². The first-order chi connectivity index (χ1) is 7.59. The highest BCUT2D eigenvalue weighted by Crippen LogP contribution is 2.25. The summed E-state index contributed by atoms with van der Waals surface area (Å²) in [5.41, 5.74) is 0. The second-order valence-electron chi connectivity index (χ2n) is 4.99. The Hall–Kier alpha value is -0.130. The predicted molar refractivity (Wildman–Crippen MR) is 64.9 cm³/mol. The SMILES string of the molecule is CN(CCS(=O)(=O)N1CCCCC1)C1CC1. The third kappa shape index (κ3) is 3.18. The van der Waals surface area contributed by atoms with E-state index in [4.69, 9.17) is 0 Å². The topological polar surface area (TPSA) is 40.6 Å². The van der Waals surface area contributed by atoms with E-state index >= 15 is 0 Å². The summed E-state index contributed by atoms with van der Waals surface area (Å²) in [7, 11) is -0.961. The van der Waals surface area contributed by atoms with Crippen molar-refractivity contribution >= 4 is 10.0 Å². The molecular formula is C11H22N2O2S. The van der Waals surface area contributed by atoms with E-state index in [1.165, 1.54) is 19.3 Å². The zero-order valence-electron chi connectivity index (χ0n) is 10.1. The van der Waals surface area contributed by atoms with Crippen molar-refractivity contribution in [2.24, 2.45) is 0 Å². The molecule has 2 aliphatic rings. The molecule has 0 aromatic heterocycles. The van der Waals surface area contributed by atoms with E-state index in [-0.39, 0.29) is 0 Å². The Labute approximate surface area is 98.7 Å². The van der Waals surface area contributed by atoms with Gasteiger partial charge < -0.3 is 4.90 Å². The Kier molecular flexibility index (Phi) is 3.87. The average Bonchev–Trinajstić information content (AvgIpc) is 3.11. The molecule has 2 fully saturated rings. The van der Waals surface area contributed by atoms with Gasteiger partial charge in [-0.3, -0.25) is 0 Å². The second-order valence-corrected chi connectivity index (χ2v) is 7.08. The van der Waals surface area contributed by atoms with E-state index in [1.54, 1.807) is 4.31 Å². The molecule has 1 aliphatic heterocycles. The van der Waals surface area contributed by atoms with Crippen LogP contribution in [0.1, 0.15) is 32.1 Å². The molecule has 0 bridgehead atoms. The van der Waals surface area contributed by atoms with Crippen LogP contribution in [-0.4, -0.2) is 56.1 Å². The van der Waals surface area contributed by atoms with Crippen LogP contribution < -0.4 is 0 Å². The van der Waals surface area contributed by atoms with Crippen LogP contribution in [0.4, 0.5) is 0 Å². The zero-order chi connectivity index (χ0) is 11.6. The van der Waals surface area contributed by atoms with Crippen molar-refractivity contribution in [1.82, 2.24) is 9.21 Å². The Balaban J connectivity index is 1.81. The number of hydrogen-bond donors (Lipinski definition) is 0. The monoisotopic (exact) mass is 246 g/mol. The molecule has 1 aliphatic carbocycles. The van der Waals surface area contributed by atoms with Crippen LogP contribution in [0.5, 0.6) is 0 Å². The smallest absolute Gasteiger partial charge is 0.215 e. The highest BCUT2D eigenvalue weighted by Gasteiger charge is 2.29. The molecule has 0 amide bonds. The maximum absolute atomic E-state index is 12.0. The third-order valence-corrected chi connectivity index (χ3v) is 5.43. The van der Waals surface area contributed by atoms with Crippen molar-refractivity contribution in [2.75, 3.05) is 32.4 Å². The predicted octanol–water partition coefficient (Wildman–Crippen LogP) is 0.896. The summed E-state index contributed by atoms with van der Waals surface area (Å²) in [6, 6.07) is 0.650. The number of nitrogens with zero attached hydrogens (tertiary/aromatic N) is 2. The molecule has 16 heavy (non-hydrogen) atoms. The second kappa shape index (κ2) is 5.02. The Bertz CT molecular complexity index is 319. The molecule has 0 N–H and O–H groups in total. The summed E-state index contributed by atoms with van der Waals surface area (Å²) in [6.07, 6.45) is 5.70. The van der Waals surface area contributed by atoms with Crippen LogP contribution in [0.3, 0.4) is 0 Å². The molecule has 5 heteroatoms. The largest absolute Gasteiger partial charge is 0.302 e.